The standard InChI is InChI=1S/C24H36N2O6/c1-3-5-17-31-23(29)19-11-9-15-25(19)21(27)13-7-8-14-22(28)26-16-10-12-20(26)24(30)32-18-6-4-2/h3-4,19-20H,1-2,5-18H2/t19-,20?/m1/s1. The van der Waals surface area contributed by atoms with Gasteiger partial charge in [-0.1, -0.05) is 12.2 Å². The lowest BCUT2D eigenvalue weighted by atomic mass is 10.1. The van der Waals surface area contributed by atoms with E-state index in [-0.39, 0.29) is 49.8 Å². The second-order valence-corrected chi connectivity index (χ2v) is 8.19. The summed E-state index contributed by atoms with van der Waals surface area (Å²) < 4.78 is 10.4. The van der Waals surface area contributed by atoms with Crippen LogP contribution in [-0.2, 0) is 28.7 Å². The van der Waals surface area contributed by atoms with E-state index in [1.807, 2.05) is 0 Å². The van der Waals surface area contributed by atoms with Crippen LogP contribution in [0.15, 0.2) is 25.3 Å². The number of nitrogens with zero attached hydrogens (tertiary/aromatic N) is 2. The zero-order valence-electron chi connectivity index (χ0n) is 19.0. The van der Waals surface area contributed by atoms with Gasteiger partial charge in [0, 0.05) is 25.9 Å². The maximum Gasteiger partial charge on any atom is 0.328 e. The third-order valence-corrected chi connectivity index (χ3v) is 5.85. The molecule has 2 aliphatic heterocycles. The summed E-state index contributed by atoms with van der Waals surface area (Å²) in [7, 11) is 0. The van der Waals surface area contributed by atoms with Crippen molar-refractivity contribution in [2.24, 2.45) is 0 Å². The van der Waals surface area contributed by atoms with Gasteiger partial charge in [0.05, 0.1) is 13.2 Å². The molecule has 8 heteroatoms. The lowest BCUT2D eigenvalue weighted by molar-refractivity contribution is -0.153. The predicted molar refractivity (Wildman–Crippen MR) is 119 cm³/mol. The Labute approximate surface area is 190 Å². The maximum absolute atomic E-state index is 12.6. The van der Waals surface area contributed by atoms with Gasteiger partial charge >= 0.3 is 11.9 Å². The number of hydrogen-bond donors (Lipinski definition) is 0. The topological polar surface area (TPSA) is 93.2 Å². The first-order valence-corrected chi connectivity index (χ1v) is 11.6. The minimum Gasteiger partial charge on any atom is -0.464 e. The first kappa shape index (κ1) is 25.6. The van der Waals surface area contributed by atoms with Gasteiger partial charge in [-0.15, -0.1) is 13.2 Å². The van der Waals surface area contributed by atoms with Crippen LogP contribution in [0, 0.1) is 0 Å². The number of hydrogen-bond acceptors (Lipinski definition) is 6. The van der Waals surface area contributed by atoms with Gasteiger partial charge in [0.2, 0.25) is 11.8 Å². The molecule has 2 amide bonds. The molecular weight excluding hydrogens is 412 g/mol. The fourth-order valence-corrected chi connectivity index (χ4v) is 4.14. The molecule has 0 aromatic rings. The third-order valence-electron chi connectivity index (χ3n) is 5.85. The van der Waals surface area contributed by atoms with Crippen LogP contribution in [0.3, 0.4) is 0 Å². The highest BCUT2D eigenvalue weighted by Gasteiger charge is 2.36. The highest BCUT2D eigenvalue weighted by Crippen LogP contribution is 2.22. The summed E-state index contributed by atoms with van der Waals surface area (Å²) in [6.45, 7) is 8.87. The smallest absolute Gasteiger partial charge is 0.328 e. The van der Waals surface area contributed by atoms with Crippen molar-refractivity contribution >= 4 is 23.8 Å². The Hall–Kier alpha value is -2.64. The van der Waals surface area contributed by atoms with E-state index < -0.39 is 12.1 Å². The monoisotopic (exact) mass is 448 g/mol. The summed E-state index contributed by atoms with van der Waals surface area (Å²) in [6, 6.07) is -1.02. The lowest BCUT2D eigenvalue weighted by Gasteiger charge is -2.24. The zero-order chi connectivity index (χ0) is 23.3. The van der Waals surface area contributed by atoms with Gasteiger partial charge in [-0.05, 0) is 51.4 Å². The number of esters is 2. The highest BCUT2D eigenvalue weighted by molar-refractivity contribution is 5.86. The Morgan fingerprint density at radius 1 is 0.750 bits per heavy atom. The summed E-state index contributed by atoms with van der Waals surface area (Å²) in [4.78, 5) is 52.9. The molecular formula is C24H36N2O6. The fourth-order valence-electron chi connectivity index (χ4n) is 4.14. The first-order chi connectivity index (χ1) is 15.5. The molecule has 2 heterocycles. The predicted octanol–water partition coefficient (Wildman–Crippen LogP) is 2.77. The van der Waals surface area contributed by atoms with Crippen LogP contribution < -0.4 is 0 Å². The second-order valence-electron chi connectivity index (χ2n) is 8.19. The van der Waals surface area contributed by atoms with Gasteiger partial charge in [-0.25, -0.2) is 9.59 Å². The van der Waals surface area contributed by atoms with Gasteiger partial charge in [0.25, 0.3) is 0 Å². The molecule has 8 nitrogen and oxygen atoms in total. The van der Waals surface area contributed by atoms with E-state index in [1.54, 1.807) is 22.0 Å². The Morgan fingerprint density at radius 2 is 1.16 bits per heavy atom. The Bertz CT molecular complexity index is 634. The molecule has 2 atom stereocenters. The average molecular weight is 449 g/mol. The van der Waals surface area contributed by atoms with E-state index in [4.69, 9.17) is 9.47 Å². The number of carbonyl (C=O) groups excluding carboxylic acids is 4. The largest absolute Gasteiger partial charge is 0.464 e. The molecule has 0 N–H and O–H groups in total. The van der Waals surface area contributed by atoms with Crippen molar-refractivity contribution in [2.45, 2.75) is 76.3 Å². The van der Waals surface area contributed by atoms with Crippen molar-refractivity contribution in [3.8, 4) is 0 Å². The first-order valence-electron chi connectivity index (χ1n) is 11.6. The van der Waals surface area contributed by atoms with E-state index in [2.05, 4.69) is 13.2 Å². The van der Waals surface area contributed by atoms with Crippen molar-refractivity contribution in [1.82, 2.24) is 9.80 Å². The van der Waals surface area contributed by atoms with E-state index in [0.29, 0.717) is 51.6 Å². The van der Waals surface area contributed by atoms with Crippen molar-refractivity contribution in [1.29, 1.82) is 0 Å². The summed E-state index contributed by atoms with van der Waals surface area (Å²) >= 11 is 0. The second kappa shape index (κ2) is 13.7. The molecule has 0 radical (unpaired) electrons. The minimum atomic E-state index is -0.508. The van der Waals surface area contributed by atoms with E-state index in [1.165, 1.54) is 0 Å². The van der Waals surface area contributed by atoms with E-state index in [0.717, 1.165) is 12.8 Å². The van der Waals surface area contributed by atoms with Gasteiger partial charge in [-0.3, -0.25) is 9.59 Å². The highest BCUT2D eigenvalue weighted by atomic mass is 16.5. The summed E-state index contributed by atoms with van der Waals surface area (Å²) in [5.41, 5.74) is 0. The molecule has 178 valence electrons. The minimum absolute atomic E-state index is 0.0783. The van der Waals surface area contributed by atoms with Crippen LogP contribution in [0.4, 0.5) is 0 Å². The van der Waals surface area contributed by atoms with Crippen LogP contribution in [0.2, 0.25) is 0 Å². The van der Waals surface area contributed by atoms with Crippen LogP contribution >= 0.6 is 0 Å². The molecule has 1 unspecified atom stereocenters. The number of rotatable bonds is 13. The Morgan fingerprint density at radius 3 is 1.53 bits per heavy atom. The average Bonchev–Trinajstić information content (AvgIpc) is 3.46. The lowest BCUT2D eigenvalue weighted by Crippen LogP contribution is -2.42. The maximum atomic E-state index is 12.6. The molecule has 0 bridgehead atoms. The summed E-state index contributed by atoms with van der Waals surface area (Å²) in [5.74, 6) is -0.864. The molecule has 0 aromatic heterocycles. The number of ether oxygens (including phenoxy) is 2. The molecule has 0 spiro atoms. The molecule has 0 saturated carbocycles. The van der Waals surface area contributed by atoms with Crippen molar-refractivity contribution < 1.29 is 28.7 Å². The van der Waals surface area contributed by atoms with E-state index in [9.17, 15) is 19.2 Å². The molecule has 2 fully saturated rings. The van der Waals surface area contributed by atoms with E-state index >= 15 is 0 Å². The quantitative estimate of drug-likeness (QED) is 0.244. The molecule has 0 aromatic carbocycles. The summed E-state index contributed by atoms with van der Waals surface area (Å²) in [5, 5.41) is 0. The fraction of sp³-hybridized carbons (Fsp3) is 0.667. The van der Waals surface area contributed by atoms with Crippen LogP contribution in [0.5, 0.6) is 0 Å². The summed E-state index contributed by atoms with van der Waals surface area (Å²) in [6.07, 6.45) is 9.04. The molecule has 32 heavy (non-hydrogen) atoms. The van der Waals surface area contributed by atoms with Gasteiger partial charge < -0.3 is 19.3 Å². The number of unbranched alkanes of at least 4 members (excludes halogenated alkanes) is 1. The van der Waals surface area contributed by atoms with Crippen molar-refractivity contribution in [3.05, 3.63) is 25.3 Å². The number of carbonyl (C=O) groups is 4. The molecule has 0 aliphatic carbocycles. The Kier molecular flexibility index (Phi) is 11.0. The number of amides is 2. The van der Waals surface area contributed by atoms with Gasteiger partial charge in [0.15, 0.2) is 0 Å². The molecule has 2 saturated heterocycles. The number of likely N-dealkylation sites (tertiary alicyclic amines) is 2. The normalized spacial score (nSPS) is 20.1. The van der Waals surface area contributed by atoms with Gasteiger partial charge in [-0.2, -0.15) is 0 Å². The zero-order valence-corrected chi connectivity index (χ0v) is 19.0. The Balaban J connectivity index is 1.71. The molecule has 2 aliphatic rings. The molecule has 2 rings (SSSR count). The van der Waals surface area contributed by atoms with Crippen molar-refractivity contribution in [2.75, 3.05) is 26.3 Å². The van der Waals surface area contributed by atoms with Crippen LogP contribution in [0.1, 0.15) is 64.2 Å². The van der Waals surface area contributed by atoms with Crippen LogP contribution in [0.25, 0.3) is 0 Å². The van der Waals surface area contributed by atoms with Gasteiger partial charge in [0.1, 0.15) is 12.1 Å². The SMILES string of the molecule is C=CCCOC(=O)C1CCCN1C(=O)CCCCC(=O)N1CCC[C@@H]1C(=O)OCCC=C. The van der Waals surface area contributed by atoms with Crippen LogP contribution in [-0.4, -0.2) is 71.9 Å². The van der Waals surface area contributed by atoms with Crippen molar-refractivity contribution in [3.63, 3.8) is 0 Å². The third kappa shape index (κ3) is 7.50.